The molecule has 1 atom stereocenters. The summed E-state index contributed by atoms with van der Waals surface area (Å²) in [6, 6.07) is 16.2. The smallest absolute Gasteiger partial charge is 0.254 e. The molecule has 2 aliphatic heterocycles. The third-order valence-electron chi connectivity index (χ3n) is 5.01. The molecular weight excluding hydrogens is 348 g/mol. The normalized spacial score (nSPS) is 16.2. The summed E-state index contributed by atoms with van der Waals surface area (Å²) in [5, 5.41) is 10.5. The van der Waals surface area contributed by atoms with Gasteiger partial charge in [0.05, 0.1) is 6.10 Å². The molecule has 0 radical (unpaired) electrons. The summed E-state index contributed by atoms with van der Waals surface area (Å²) in [5.74, 6) is 0.0358. The van der Waals surface area contributed by atoms with Gasteiger partial charge in [0, 0.05) is 38.3 Å². The molecule has 4 heteroatoms. The highest BCUT2D eigenvalue weighted by atomic mass is 16.3. The topological polar surface area (TPSA) is 43.8 Å². The molecule has 0 aromatic heterocycles. The van der Waals surface area contributed by atoms with Crippen LogP contribution in [-0.4, -0.2) is 46.6 Å². The average molecular weight is 383 g/mol. The van der Waals surface area contributed by atoms with Gasteiger partial charge in [0.15, 0.2) is 0 Å². The highest BCUT2D eigenvalue weighted by molar-refractivity contribution is 5.98. The number of hydrogen-bond acceptors (Lipinski definition) is 3. The molecule has 0 aliphatic carbocycles. The van der Waals surface area contributed by atoms with Crippen LogP contribution in [0.3, 0.4) is 0 Å². The van der Waals surface area contributed by atoms with Crippen LogP contribution >= 0.6 is 0 Å². The molecule has 4 nitrogen and oxygen atoms in total. The lowest BCUT2D eigenvalue weighted by atomic mass is 10.00. The maximum atomic E-state index is 12.4. The molecule has 28 heavy (non-hydrogen) atoms. The number of benzene rings is 2. The Morgan fingerprint density at radius 2 is 1.46 bits per heavy atom. The van der Waals surface area contributed by atoms with E-state index in [4.69, 9.17) is 0 Å². The Morgan fingerprint density at radius 3 is 2.14 bits per heavy atom. The zero-order valence-corrected chi connectivity index (χ0v) is 17.7. The number of amides is 1. The van der Waals surface area contributed by atoms with Gasteiger partial charge in [-0.1, -0.05) is 70.2 Å². The van der Waals surface area contributed by atoms with Crippen LogP contribution in [0.2, 0.25) is 0 Å². The molecule has 2 heterocycles. The first-order valence-corrected chi connectivity index (χ1v) is 10.5. The molecule has 0 saturated carbocycles. The number of β-amino-alcohol motifs (C(OH)–C–C–N with tert-alkyl or cyclic N) is 1. The van der Waals surface area contributed by atoms with Gasteiger partial charge in [-0.05, 0) is 29.2 Å². The minimum Gasteiger partial charge on any atom is -0.390 e. The van der Waals surface area contributed by atoms with E-state index in [0.29, 0.717) is 19.6 Å². The molecule has 2 aromatic rings. The SMILES string of the molecule is CC.CC.O=C1c2ccccc2CN1C[C@@H](O)CN1CCc2ccccc2C1. The number of carbonyl (C=O) groups is 1. The van der Waals surface area contributed by atoms with E-state index < -0.39 is 6.10 Å². The fourth-order valence-corrected chi connectivity index (χ4v) is 3.78. The lowest BCUT2D eigenvalue weighted by Crippen LogP contribution is -2.42. The van der Waals surface area contributed by atoms with E-state index in [2.05, 4.69) is 29.2 Å². The van der Waals surface area contributed by atoms with Crippen molar-refractivity contribution < 1.29 is 9.90 Å². The van der Waals surface area contributed by atoms with E-state index in [1.165, 1.54) is 11.1 Å². The van der Waals surface area contributed by atoms with E-state index >= 15 is 0 Å². The summed E-state index contributed by atoms with van der Waals surface area (Å²) in [4.78, 5) is 16.4. The van der Waals surface area contributed by atoms with Crippen LogP contribution in [0, 0.1) is 0 Å². The molecule has 0 fully saturated rings. The van der Waals surface area contributed by atoms with Gasteiger partial charge in [-0.15, -0.1) is 0 Å². The monoisotopic (exact) mass is 382 g/mol. The third kappa shape index (κ3) is 5.21. The minimum absolute atomic E-state index is 0.0358. The molecular formula is C24H34N2O2. The maximum absolute atomic E-state index is 12.4. The number of fused-ring (bicyclic) bond motifs is 2. The van der Waals surface area contributed by atoms with E-state index in [9.17, 15) is 9.90 Å². The maximum Gasteiger partial charge on any atom is 0.254 e. The lowest BCUT2D eigenvalue weighted by molar-refractivity contribution is 0.0526. The van der Waals surface area contributed by atoms with Gasteiger partial charge in [0.1, 0.15) is 0 Å². The van der Waals surface area contributed by atoms with Crippen LogP contribution in [-0.2, 0) is 19.5 Å². The largest absolute Gasteiger partial charge is 0.390 e. The van der Waals surface area contributed by atoms with Crippen LogP contribution in [0.25, 0.3) is 0 Å². The Balaban J connectivity index is 0.000000660. The molecule has 0 unspecified atom stereocenters. The highest BCUT2D eigenvalue weighted by Crippen LogP contribution is 2.23. The summed E-state index contributed by atoms with van der Waals surface area (Å²) in [7, 11) is 0. The van der Waals surface area contributed by atoms with Crippen molar-refractivity contribution in [1.82, 2.24) is 9.80 Å². The van der Waals surface area contributed by atoms with Crippen LogP contribution in [0.5, 0.6) is 0 Å². The van der Waals surface area contributed by atoms with Gasteiger partial charge in [-0.25, -0.2) is 0 Å². The van der Waals surface area contributed by atoms with Gasteiger partial charge in [0.2, 0.25) is 0 Å². The zero-order valence-electron chi connectivity index (χ0n) is 17.7. The van der Waals surface area contributed by atoms with Gasteiger partial charge in [0.25, 0.3) is 5.91 Å². The van der Waals surface area contributed by atoms with Crippen LogP contribution < -0.4 is 0 Å². The first kappa shape index (κ1) is 22.1. The second kappa shape index (κ2) is 11.0. The Bertz CT molecular complexity index is 760. The lowest BCUT2D eigenvalue weighted by Gasteiger charge is -2.31. The highest BCUT2D eigenvalue weighted by Gasteiger charge is 2.29. The van der Waals surface area contributed by atoms with Crippen LogP contribution in [0.15, 0.2) is 48.5 Å². The molecule has 1 amide bonds. The molecule has 152 valence electrons. The summed E-state index contributed by atoms with van der Waals surface area (Å²) >= 11 is 0. The molecule has 0 spiro atoms. The first-order valence-electron chi connectivity index (χ1n) is 10.5. The quantitative estimate of drug-likeness (QED) is 0.865. The van der Waals surface area contributed by atoms with E-state index in [1.54, 1.807) is 4.90 Å². The van der Waals surface area contributed by atoms with E-state index in [-0.39, 0.29) is 5.91 Å². The van der Waals surface area contributed by atoms with Crippen LogP contribution in [0.1, 0.15) is 54.7 Å². The molecule has 0 saturated heterocycles. The van der Waals surface area contributed by atoms with Crippen molar-refractivity contribution in [2.75, 3.05) is 19.6 Å². The number of hydrogen-bond donors (Lipinski definition) is 1. The summed E-state index contributed by atoms with van der Waals surface area (Å²) in [6.07, 6.45) is 0.505. The Hall–Kier alpha value is -2.17. The van der Waals surface area contributed by atoms with Crippen molar-refractivity contribution >= 4 is 5.91 Å². The summed E-state index contributed by atoms with van der Waals surface area (Å²) < 4.78 is 0. The molecule has 2 aromatic carbocycles. The fourth-order valence-electron chi connectivity index (χ4n) is 3.78. The Morgan fingerprint density at radius 1 is 0.857 bits per heavy atom. The molecule has 4 rings (SSSR count). The first-order chi connectivity index (χ1) is 13.7. The van der Waals surface area contributed by atoms with Crippen molar-refractivity contribution in [1.29, 1.82) is 0 Å². The van der Waals surface area contributed by atoms with Crippen molar-refractivity contribution in [3.8, 4) is 0 Å². The van der Waals surface area contributed by atoms with E-state index in [1.807, 2.05) is 52.0 Å². The summed E-state index contributed by atoms with van der Waals surface area (Å²) in [5.41, 5.74) is 4.59. The number of carbonyl (C=O) groups excluding carboxylic acids is 1. The number of aliphatic hydroxyl groups excluding tert-OH is 1. The van der Waals surface area contributed by atoms with Gasteiger partial charge >= 0.3 is 0 Å². The zero-order chi connectivity index (χ0) is 20.5. The molecule has 1 N–H and O–H groups in total. The predicted molar refractivity (Wildman–Crippen MR) is 115 cm³/mol. The van der Waals surface area contributed by atoms with Gasteiger partial charge < -0.3 is 10.0 Å². The minimum atomic E-state index is -0.520. The van der Waals surface area contributed by atoms with Crippen molar-refractivity contribution in [3.63, 3.8) is 0 Å². The third-order valence-corrected chi connectivity index (χ3v) is 5.01. The standard InChI is InChI=1S/C20H22N2O2.2C2H6/c23-18(13-21-10-9-15-5-1-2-6-16(15)11-21)14-22-12-17-7-3-4-8-19(17)20(22)24;2*1-2/h1-8,18,23H,9-14H2;2*1-2H3/t18-;;/m0../s1. The second-order valence-corrected chi connectivity index (χ2v) is 6.75. The van der Waals surface area contributed by atoms with Crippen LogP contribution in [0.4, 0.5) is 0 Å². The molecule has 2 aliphatic rings. The second-order valence-electron chi connectivity index (χ2n) is 6.75. The number of nitrogens with zero attached hydrogens (tertiary/aromatic N) is 2. The Kier molecular flexibility index (Phi) is 8.68. The predicted octanol–water partition coefficient (Wildman–Crippen LogP) is 4.11. The number of rotatable bonds is 4. The molecule has 0 bridgehead atoms. The Labute approximate surface area is 169 Å². The average Bonchev–Trinajstić information content (AvgIpc) is 3.06. The van der Waals surface area contributed by atoms with Crippen molar-refractivity contribution in [2.45, 2.75) is 53.3 Å². The van der Waals surface area contributed by atoms with Crippen molar-refractivity contribution in [3.05, 3.63) is 70.8 Å². The fraction of sp³-hybridized carbons (Fsp3) is 0.458. The van der Waals surface area contributed by atoms with E-state index in [0.717, 1.165) is 30.6 Å². The van der Waals surface area contributed by atoms with Crippen molar-refractivity contribution in [2.24, 2.45) is 0 Å². The number of aliphatic hydroxyl groups is 1. The van der Waals surface area contributed by atoms with Gasteiger partial charge in [-0.3, -0.25) is 9.69 Å². The summed E-state index contributed by atoms with van der Waals surface area (Å²) in [6.45, 7) is 11.4. The van der Waals surface area contributed by atoms with Gasteiger partial charge in [-0.2, -0.15) is 0 Å².